The predicted molar refractivity (Wildman–Crippen MR) is 93.3 cm³/mol. The van der Waals surface area contributed by atoms with Crippen molar-refractivity contribution in [1.29, 1.82) is 0 Å². The molecule has 1 spiro atoms. The molecule has 0 radical (unpaired) electrons. The lowest BCUT2D eigenvalue weighted by molar-refractivity contribution is -0.162. The van der Waals surface area contributed by atoms with Crippen molar-refractivity contribution in [3.63, 3.8) is 0 Å². The van der Waals surface area contributed by atoms with E-state index < -0.39 is 53.3 Å². The molecule has 3 fully saturated rings. The standard InChI is InChI=1S/C20H24O7/c1-5-9(2)17(22)26-13-7-19(8-25-19)15-12(21)6-10(3)20(15,24)16-14(13)11(4)18(23)27-16/h5-6,12-16,21,24H,4,7-8H2,1-3H3/b9-5-. The number of allylic oxidation sites excluding steroid dienone is 1. The molecule has 0 bridgehead atoms. The molecule has 0 aromatic rings. The van der Waals surface area contributed by atoms with Crippen LogP contribution in [-0.4, -0.2) is 58.3 Å². The fourth-order valence-corrected chi connectivity index (χ4v) is 4.92. The van der Waals surface area contributed by atoms with Gasteiger partial charge >= 0.3 is 11.9 Å². The monoisotopic (exact) mass is 376 g/mol. The number of aliphatic hydroxyl groups is 2. The smallest absolute Gasteiger partial charge is 0.334 e. The molecule has 7 atom stereocenters. The fourth-order valence-electron chi connectivity index (χ4n) is 4.92. The molecule has 2 aliphatic heterocycles. The number of hydrogen-bond donors (Lipinski definition) is 2. The van der Waals surface area contributed by atoms with Crippen molar-refractivity contribution in [1.82, 2.24) is 0 Å². The number of fused-ring (bicyclic) bond motifs is 4. The zero-order valence-corrected chi connectivity index (χ0v) is 15.6. The minimum atomic E-state index is -1.60. The highest BCUT2D eigenvalue weighted by atomic mass is 16.6. The molecule has 7 nitrogen and oxygen atoms in total. The maximum atomic E-state index is 12.4. The molecule has 0 amide bonds. The van der Waals surface area contributed by atoms with Gasteiger partial charge in [0.05, 0.1) is 24.5 Å². The highest BCUT2D eigenvalue weighted by molar-refractivity contribution is 5.92. The van der Waals surface area contributed by atoms with Crippen LogP contribution in [0.5, 0.6) is 0 Å². The summed E-state index contributed by atoms with van der Waals surface area (Å²) in [5.74, 6) is -2.54. The molecule has 0 aromatic heterocycles. The Hall–Kier alpha value is -1.96. The summed E-state index contributed by atoms with van der Waals surface area (Å²) >= 11 is 0. The average Bonchev–Trinajstić information content (AvgIpc) is 3.26. The van der Waals surface area contributed by atoms with Crippen LogP contribution in [0.15, 0.2) is 35.5 Å². The number of aliphatic hydroxyl groups excluding tert-OH is 1. The van der Waals surface area contributed by atoms with Crippen molar-refractivity contribution in [2.24, 2.45) is 11.8 Å². The molecule has 1 saturated carbocycles. The van der Waals surface area contributed by atoms with Crippen LogP contribution in [0.25, 0.3) is 0 Å². The topological polar surface area (TPSA) is 106 Å². The van der Waals surface area contributed by atoms with E-state index in [0.717, 1.165) is 0 Å². The van der Waals surface area contributed by atoms with E-state index in [0.29, 0.717) is 17.8 Å². The van der Waals surface area contributed by atoms with Crippen molar-refractivity contribution < 1.29 is 34.0 Å². The summed E-state index contributed by atoms with van der Waals surface area (Å²) in [7, 11) is 0. The molecular weight excluding hydrogens is 352 g/mol. The predicted octanol–water partition coefficient (Wildman–Crippen LogP) is 0.803. The number of esters is 2. The zero-order chi connectivity index (χ0) is 19.7. The summed E-state index contributed by atoms with van der Waals surface area (Å²) in [6.07, 6.45) is 0.770. The van der Waals surface area contributed by atoms with E-state index in [-0.39, 0.29) is 12.0 Å². The van der Waals surface area contributed by atoms with Crippen molar-refractivity contribution in [2.75, 3.05) is 6.61 Å². The van der Waals surface area contributed by atoms with Crippen molar-refractivity contribution >= 4 is 11.9 Å². The third kappa shape index (κ3) is 2.38. The van der Waals surface area contributed by atoms with Gasteiger partial charge in [0.2, 0.25) is 0 Å². The summed E-state index contributed by atoms with van der Waals surface area (Å²) in [6, 6.07) is 0. The third-order valence-electron chi connectivity index (χ3n) is 6.57. The van der Waals surface area contributed by atoms with Gasteiger partial charge in [-0.05, 0) is 26.3 Å². The lowest BCUT2D eigenvalue weighted by atomic mass is 9.73. The van der Waals surface area contributed by atoms with Gasteiger partial charge in [0.15, 0.2) is 0 Å². The molecule has 7 unspecified atom stereocenters. The van der Waals surface area contributed by atoms with Crippen LogP contribution < -0.4 is 0 Å². The lowest BCUT2D eigenvalue weighted by Crippen LogP contribution is -2.55. The fraction of sp³-hybridized carbons (Fsp3) is 0.600. The molecule has 2 aliphatic carbocycles. The Morgan fingerprint density at radius 1 is 1.48 bits per heavy atom. The Morgan fingerprint density at radius 2 is 2.15 bits per heavy atom. The van der Waals surface area contributed by atoms with Crippen molar-refractivity contribution in [2.45, 2.75) is 56.7 Å². The van der Waals surface area contributed by atoms with E-state index in [2.05, 4.69) is 6.58 Å². The summed E-state index contributed by atoms with van der Waals surface area (Å²) in [5.41, 5.74) is -1.33. The first-order chi connectivity index (χ1) is 12.7. The summed E-state index contributed by atoms with van der Waals surface area (Å²) in [6.45, 7) is 9.23. The van der Waals surface area contributed by atoms with Gasteiger partial charge in [-0.3, -0.25) is 0 Å². The first kappa shape index (κ1) is 18.4. The summed E-state index contributed by atoms with van der Waals surface area (Å²) in [5, 5.41) is 22.3. The van der Waals surface area contributed by atoms with Gasteiger partial charge in [0.25, 0.3) is 0 Å². The van der Waals surface area contributed by atoms with E-state index in [4.69, 9.17) is 14.2 Å². The Kier molecular flexibility index (Phi) is 3.93. The van der Waals surface area contributed by atoms with Crippen molar-refractivity contribution in [3.05, 3.63) is 35.5 Å². The Balaban J connectivity index is 1.80. The van der Waals surface area contributed by atoms with E-state index in [1.54, 1.807) is 32.9 Å². The van der Waals surface area contributed by atoms with E-state index in [1.165, 1.54) is 0 Å². The summed E-state index contributed by atoms with van der Waals surface area (Å²) < 4.78 is 16.9. The Morgan fingerprint density at radius 3 is 2.74 bits per heavy atom. The van der Waals surface area contributed by atoms with Gasteiger partial charge in [-0.2, -0.15) is 0 Å². The molecule has 146 valence electrons. The average molecular weight is 376 g/mol. The molecular formula is C20H24O7. The van der Waals surface area contributed by atoms with Crippen LogP contribution in [0.3, 0.4) is 0 Å². The number of hydrogen-bond acceptors (Lipinski definition) is 7. The third-order valence-corrected chi connectivity index (χ3v) is 6.57. The summed E-state index contributed by atoms with van der Waals surface area (Å²) in [4.78, 5) is 24.7. The van der Waals surface area contributed by atoms with Crippen LogP contribution in [0.2, 0.25) is 0 Å². The van der Waals surface area contributed by atoms with E-state index in [9.17, 15) is 19.8 Å². The molecule has 0 aromatic carbocycles. The molecule has 2 N–H and O–H groups in total. The lowest BCUT2D eigenvalue weighted by Gasteiger charge is -2.39. The number of carbonyl (C=O) groups excluding carboxylic acids is 2. The maximum Gasteiger partial charge on any atom is 0.334 e. The highest BCUT2D eigenvalue weighted by Gasteiger charge is 2.73. The maximum absolute atomic E-state index is 12.4. The van der Waals surface area contributed by atoms with E-state index >= 15 is 0 Å². The van der Waals surface area contributed by atoms with Crippen LogP contribution in [-0.2, 0) is 23.8 Å². The van der Waals surface area contributed by atoms with E-state index in [1.807, 2.05) is 0 Å². The second kappa shape index (κ2) is 5.77. The minimum Gasteiger partial charge on any atom is -0.458 e. The second-order valence-electron chi connectivity index (χ2n) is 7.99. The van der Waals surface area contributed by atoms with Gasteiger partial charge in [-0.15, -0.1) is 0 Å². The first-order valence-corrected chi connectivity index (χ1v) is 9.12. The molecule has 7 heteroatoms. The first-order valence-electron chi connectivity index (χ1n) is 9.12. The van der Waals surface area contributed by atoms with Crippen LogP contribution in [0, 0.1) is 11.8 Å². The highest BCUT2D eigenvalue weighted by Crippen LogP contribution is 2.59. The van der Waals surface area contributed by atoms with Gasteiger partial charge in [0, 0.05) is 17.6 Å². The normalized spacial score (nSPS) is 45.7. The molecule has 2 saturated heterocycles. The quantitative estimate of drug-likeness (QED) is 0.318. The second-order valence-corrected chi connectivity index (χ2v) is 7.99. The molecule has 27 heavy (non-hydrogen) atoms. The van der Waals surface area contributed by atoms with Gasteiger partial charge in [-0.25, -0.2) is 9.59 Å². The van der Waals surface area contributed by atoms with Gasteiger partial charge in [-0.1, -0.05) is 18.7 Å². The Labute approximate surface area is 157 Å². The largest absolute Gasteiger partial charge is 0.458 e. The van der Waals surface area contributed by atoms with Crippen LogP contribution in [0.1, 0.15) is 27.2 Å². The van der Waals surface area contributed by atoms with Gasteiger partial charge in [0.1, 0.15) is 23.4 Å². The molecule has 4 aliphatic rings. The number of rotatable bonds is 2. The number of carbonyl (C=O) groups is 2. The Bertz CT molecular complexity index is 790. The minimum absolute atomic E-state index is 0.162. The zero-order valence-electron chi connectivity index (χ0n) is 15.6. The SMILES string of the molecule is C=C1C(=O)OC2C1C(OC(=O)/C(C)=C\C)CC1(CO1)C1C(O)C=C(C)C21O. The molecule has 2 heterocycles. The van der Waals surface area contributed by atoms with Gasteiger partial charge < -0.3 is 24.4 Å². The molecule has 4 rings (SSSR count). The van der Waals surface area contributed by atoms with Crippen molar-refractivity contribution in [3.8, 4) is 0 Å². The number of epoxide rings is 1. The van der Waals surface area contributed by atoms with Crippen LogP contribution in [0.4, 0.5) is 0 Å². The number of ether oxygens (including phenoxy) is 3. The van der Waals surface area contributed by atoms with Crippen LogP contribution >= 0.6 is 0 Å².